The van der Waals surface area contributed by atoms with Crippen molar-refractivity contribution in [3.63, 3.8) is 0 Å². The minimum atomic E-state index is -0.369. The maximum absolute atomic E-state index is 13.7. The van der Waals surface area contributed by atoms with Crippen LogP contribution in [0, 0.1) is 5.82 Å². The second-order valence-electron chi connectivity index (χ2n) is 5.59. The Kier molecular flexibility index (Phi) is 4.19. The minimum Gasteiger partial charge on any atom is -0.391 e. The Labute approximate surface area is 134 Å². The molecular weight excluding hydrogens is 301 g/mol. The van der Waals surface area contributed by atoms with Gasteiger partial charge in [0, 0.05) is 23.7 Å². The molecule has 22 heavy (non-hydrogen) atoms. The van der Waals surface area contributed by atoms with Gasteiger partial charge in [-0.05, 0) is 42.3 Å². The molecule has 2 aromatic carbocycles. The molecule has 0 bridgehead atoms. The fourth-order valence-corrected chi connectivity index (χ4v) is 2.83. The first kappa shape index (κ1) is 15.1. The van der Waals surface area contributed by atoms with Crippen LogP contribution < -0.4 is 5.32 Å². The molecule has 0 radical (unpaired) electrons. The number of hydrogen-bond donors (Lipinski definition) is 2. The molecule has 2 atom stereocenters. The highest BCUT2D eigenvalue weighted by atomic mass is 35.5. The van der Waals surface area contributed by atoms with Gasteiger partial charge in [-0.1, -0.05) is 35.9 Å². The molecule has 3 rings (SSSR count). The van der Waals surface area contributed by atoms with Gasteiger partial charge in [-0.2, -0.15) is 0 Å². The molecule has 4 heteroatoms. The third-order valence-electron chi connectivity index (χ3n) is 3.97. The summed E-state index contributed by atoms with van der Waals surface area (Å²) in [4.78, 5) is 0. The molecule has 1 aliphatic rings. The fourth-order valence-electron chi connectivity index (χ4n) is 2.60. The largest absolute Gasteiger partial charge is 0.391 e. The number of fused-ring (bicyclic) bond motifs is 1. The monoisotopic (exact) mass is 317 g/mol. The second-order valence-corrected chi connectivity index (χ2v) is 6.00. The van der Waals surface area contributed by atoms with E-state index in [4.69, 9.17) is 11.6 Å². The van der Waals surface area contributed by atoms with Crippen LogP contribution in [0.25, 0.3) is 12.2 Å². The Morgan fingerprint density at radius 1 is 1.27 bits per heavy atom. The molecule has 0 saturated carbocycles. The predicted molar refractivity (Wildman–Crippen MR) is 89.6 cm³/mol. The van der Waals surface area contributed by atoms with Crippen molar-refractivity contribution in [3.05, 3.63) is 63.9 Å². The molecular formula is C18H17ClFNO. The molecule has 0 spiro atoms. The summed E-state index contributed by atoms with van der Waals surface area (Å²) in [5.41, 5.74) is 3.44. The summed E-state index contributed by atoms with van der Waals surface area (Å²) < 4.78 is 13.7. The average Bonchev–Trinajstić information content (AvgIpc) is 2.48. The highest BCUT2D eigenvalue weighted by Gasteiger charge is 2.22. The third kappa shape index (κ3) is 3.01. The van der Waals surface area contributed by atoms with E-state index in [1.807, 2.05) is 31.2 Å². The van der Waals surface area contributed by atoms with Crippen LogP contribution in [0.4, 0.5) is 10.1 Å². The van der Waals surface area contributed by atoms with Gasteiger partial charge in [0.05, 0.1) is 11.1 Å². The number of halogens is 2. The molecule has 114 valence electrons. The Morgan fingerprint density at radius 3 is 2.86 bits per heavy atom. The van der Waals surface area contributed by atoms with Crippen LogP contribution in [-0.2, 0) is 6.42 Å². The second kappa shape index (κ2) is 6.11. The normalized spacial score (nSPS) is 20.7. The summed E-state index contributed by atoms with van der Waals surface area (Å²) >= 11 is 6.01. The van der Waals surface area contributed by atoms with E-state index in [-0.39, 0.29) is 18.0 Å². The SMILES string of the molecule is CC1Nc2cc(/C=C/c3c(F)cccc3Cl)ccc2CC1O. The Morgan fingerprint density at radius 2 is 2.09 bits per heavy atom. The summed E-state index contributed by atoms with van der Waals surface area (Å²) in [6.45, 7) is 1.95. The lowest BCUT2D eigenvalue weighted by atomic mass is 9.95. The Hall–Kier alpha value is -1.84. The van der Waals surface area contributed by atoms with E-state index in [2.05, 4.69) is 5.32 Å². The van der Waals surface area contributed by atoms with Gasteiger partial charge in [0.2, 0.25) is 0 Å². The lowest BCUT2D eigenvalue weighted by Gasteiger charge is -2.29. The number of anilines is 1. The Balaban J connectivity index is 1.88. The zero-order valence-electron chi connectivity index (χ0n) is 12.2. The summed E-state index contributed by atoms with van der Waals surface area (Å²) in [5, 5.41) is 13.6. The van der Waals surface area contributed by atoms with Gasteiger partial charge in [0.15, 0.2) is 0 Å². The van der Waals surface area contributed by atoms with Crippen molar-refractivity contribution in [2.75, 3.05) is 5.32 Å². The van der Waals surface area contributed by atoms with Gasteiger partial charge in [-0.15, -0.1) is 0 Å². The van der Waals surface area contributed by atoms with Crippen LogP contribution >= 0.6 is 11.6 Å². The van der Waals surface area contributed by atoms with Crippen molar-refractivity contribution in [2.24, 2.45) is 0 Å². The van der Waals surface area contributed by atoms with Crippen LogP contribution in [0.15, 0.2) is 36.4 Å². The summed E-state index contributed by atoms with van der Waals surface area (Å²) in [6, 6.07) is 10.6. The topological polar surface area (TPSA) is 32.3 Å². The maximum atomic E-state index is 13.7. The molecule has 0 aliphatic carbocycles. The summed E-state index contributed by atoms with van der Waals surface area (Å²) in [5.74, 6) is -0.337. The molecule has 2 N–H and O–H groups in total. The van der Waals surface area contributed by atoms with E-state index in [0.29, 0.717) is 17.0 Å². The molecule has 0 aromatic heterocycles. The number of aliphatic hydroxyl groups is 1. The first-order valence-electron chi connectivity index (χ1n) is 7.24. The van der Waals surface area contributed by atoms with Gasteiger partial charge < -0.3 is 10.4 Å². The fraction of sp³-hybridized carbons (Fsp3) is 0.222. The quantitative estimate of drug-likeness (QED) is 0.806. The van der Waals surface area contributed by atoms with Crippen molar-refractivity contribution in [1.29, 1.82) is 0 Å². The van der Waals surface area contributed by atoms with Crippen molar-refractivity contribution < 1.29 is 9.50 Å². The number of nitrogens with one attached hydrogen (secondary N) is 1. The molecule has 0 fully saturated rings. The molecule has 2 unspecified atom stereocenters. The highest BCUT2D eigenvalue weighted by molar-refractivity contribution is 6.32. The smallest absolute Gasteiger partial charge is 0.131 e. The van der Waals surface area contributed by atoms with Crippen LogP contribution in [-0.4, -0.2) is 17.3 Å². The van der Waals surface area contributed by atoms with Crippen molar-refractivity contribution in [3.8, 4) is 0 Å². The van der Waals surface area contributed by atoms with E-state index in [1.54, 1.807) is 18.2 Å². The maximum Gasteiger partial charge on any atom is 0.131 e. The zero-order chi connectivity index (χ0) is 15.7. The minimum absolute atomic E-state index is 0.0211. The van der Waals surface area contributed by atoms with Crippen LogP contribution in [0.5, 0.6) is 0 Å². The van der Waals surface area contributed by atoms with Gasteiger partial charge in [0.25, 0.3) is 0 Å². The number of aliphatic hydroxyl groups excluding tert-OH is 1. The van der Waals surface area contributed by atoms with Gasteiger partial charge in [0.1, 0.15) is 5.82 Å². The molecule has 2 nitrogen and oxygen atoms in total. The molecule has 2 aromatic rings. The van der Waals surface area contributed by atoms with E-state index in [0.717, 1.165) is 16.8 Å². The molecule has 1 aliphatic heterocycles. The van der Waals surface area contributed by atoms with Crippen molar-refractivity contribution in [1.82, 2.24) is 0 Å². The van der Waals surface area contributed by atoms with Crippen molar-refractivity contribution >= 4 is 29.4 Å². The first-order chi connectivity index (χ1) is 10.5. The van der Waals surface area contributed by atoms with Crippen LogP contribution in [0.1, 0.15) is 23.6 Å². The molecule has 0 amide bonds. The van der Waals surface area contributed by atoms with E-state index >= 15 is 0 Å². The number of rotatable bonds is 2. The first-order valence-corrected chi connectivity index (χ1v) is 7.62. The lowest BCUT2D eigenvalue weighted by molar-refractivity contribution is 0.154. The third-order valence-corrected chi connectivity index (χ3v) is 4.30. The zero-order valence-corrected chi connectivity index (χ0v) is 12.9. The van der Waals surface area contributed by atoms with E-state index < -0.39 is 0 Å². The average molecular weight is 318 g/mol. The predicted octanol–water partition coefficient (Wildman–Crippen LogP) is 4.37. The number of benzene rings is 2. The lowest BCUT2D eigenvalue weighted by Crippen LogP contribution is -2.36. The van der Waals surface area contributed by atoms with Gasteiger partial charge in [-0.25, -0.2) is 4.39 Å². The van der Waals surface area contributed by atoms with E-state index in [9.17, 15) is 9.50 Å². The highest BCUT2D eigenvalue weighted by Crippen LogP contribution is 2.27. The summed E-state index contributed by atoms with van der Waals surface area (Å²) in [6.07, 6.45) is 3.79. The Bertz CT molecular complexity index is 709. The van der Waals surface area contributed by atoms with Crippen LogP contribution in [0.3, 0.4) is 0 Å². The molecule has 0 saturated heterocycles. The standard InChI is InChI=1S/C18H17ClFNO/c1-11-18(22)10-13-7-5-12(9-17(13)21-11)6-8-14-15(19)3-2-4-16(14)20/h2-9,11,18,21-22H,10H2,1H3/b8-6+. The van der Waals surface area contributed by atoms with Gasteiger partial charge in [-0.3, -0.25) is 0 Å². The van der Waals surface area contributed by atoms with Crippen molar-refractivity contribution in [2.45, 2.75) is 25.5 Å². The van der Waals surface area contributed by atoms with Gasteiger partial charge >= 0.3 is 0 Å². The van der Waals surface area contributed by atoms with E-state index in [1.165, 1.54) is 6.07 Å². The number of hydrogen-bond acceptors (Lipinski definition) is 2. The summed E-state index contributed by atoms with van der Waals surface area (Å²) in [7, 11) is 0. The molecule has 1 heterocycles. The van der Waals surface area contributed by atoms with Crippen LogP contribution in [0.2, 0.25) is 5.02 Å².